The Labute approximate surface area is 129 Å². The molecule has 1 aromatic heterocycles. The van der Waals surface area contributed by atoms with Gasteiger partial charge in [0.05, 0.1) is 17.8 Å². The number of pyridine rings is 1. The van der Waals surface area contributed by atoms with Crippen molar-refractivity contribution < 1.29 is 17.9 Å². The largest absolute Gasteiger partial charge is 0.417 e. The van der Waals surface area contributed by atoms with Crippen molar-refractivity contribution in [1.82, 2.24) is 10.3 Å². The molecule has 1 heterocycles. The van der Waals surface area contributed by atoms with E-state index in [0.29, 0.717) is 24.8 Å². The zero-order chi connectivity index (χ0) is 16.8. The summed E-state index contributed by atoms with van der Waals surface area (Å²) in [5.74, 6) is 0.790. The Morgan fingerprint density at radius 3 is 2.32 bits per heavy atom. The van der Waals surface area contributed by atoms with Crippen molar-refractivity contribution in [2.75, 3.05) is 25.5 Å². The van der Waals surface area contributed by atoms with Gasteiger partial charge in [-0.3, -0.25) is 0 Å². The van der Waals surface area contributed by atoms with Gasteiger partial charge in [-0.1, -0.05) is 13.8 Å². The third-order valence-electron chi connectivity index (χ3n) is 3.38. The van der Waals surface area contributed by atoms with Gasteiger partial charge in [0.1, 0.15) is 5.82 Å². The predicted molar refractivity (Wildman–Crippen MR) is 80.8 cm³/mol. The highest BCUT2D eigenvalue weighted by Crippen LogP contribution is 2.28. The lowest BCUT2D eigenvalue weighted by atomic mass is 10.1. The Morgan fingerprint density at radius 2 is 1.86 bits per heavy atom. The number of likely N-dealkylation sites (N-methyl/N-ethyl adjacent to an activating group) is 1. The molecule has 4 nitrogen and oxygen atoms in total. The number of ether oxygens (including phenoxy) is 1. The van der Waals surface area contributed by atoms with Gasteiger partial charge in [-0.05, 0) is 32.0 Å². The maximum atomic E-state index is 12.5. The van der Waals surface area contributed by atoms with E-state index in [0.717, 1.165) is 12.3 Å². The van der Waals surface area contributed by atoms with Gasteiger partial charge < -0.3 is 15.4 Å². The molecule has 0 amide bonds. The zero-order valence-corrected chi connectivity index (χ0v) is 13.4. The number of nitrogens with one attached hydrogen (secondary N) is 2. The van der Waals surface area contributed by atoms with Gasteiger partial charge in [-0.25, -0.2) is 4.98 Å². The summed E-state index contributed by atoms with van der Waals surface area (Å²) in [7, 11) is 1.83. The summed E-state index contributed by atoms with van der Waals surface area (Å²) < 4.78 is 43.3. The maximum Gasteiger partial charge on any atom is 0.417 e. The highest BCUT2D eigenvalue weighted by atomic mass is 19.4. The molecule has 22 heavy (non-hydrogen) atoms. The van der Waals surface area contributed by atoms with E-state index in [-0.39, 0.29) is 12.2 Å². The van der Waals surface area contributed by atoms with Crippen LogP contribution in [0.25, 0.3) is 0 Å². The molecule has 2 atom stereocenters. The Bertz CT molecular complexity index is 435. The topological polar surface area (TPSA) is 46.2 Å². The average molecular weight is 319 g/mol. The third kappa shape index (κ3) is 6.19. The van der Waals surface area contributed by atoms with E-state index < -0.39 is 11.7 Å². The minimum absolute atomic E-state index is 0.0912. The highest BCUT2D eigenvalue weighted by Gasteiger charge is 2.30. The zero-order valence-electron chi connectivity index (χ0n) is 13.4. The monoisotopic (exact) mass is 319 g/mol. The van der Waals surface area contributed by atoms with Gasteiger partial charge in [0.15, 0.2) is 0 Å². The van der Waals surface area contributed by atoms with Crippen LogP contribution in [0.1, 0.15) is 26.3 Å². The van der Waals surface area contributed by atoms with E-state index in [4.69, 9.17) is 4.74 Å². The van der Waals surface area contributed by atoms with Crippen LogP contribution in [0.4, 0.5) is 19.0 Å². The Balaban J connectivity index is 2.57. The van der Waals surface area contributed by atoms with Crippen LogP contribution < -0.4 is 10.6 Å². The molecule has 0 fully saturated rings. The maximum absolute atomic E-state index is 12.5. The van der Waals surface area contributed by atoms with Crippen molar-refractivity contribution in [2.24, 2.45) is 5.92 Å². The number of alkyl halides is 3. The second-order valence-electron chi connectivity index (χ2n) is 5.58. The number of halogens is 3. The highest BCUT2D eigenvalue weighted by molar-refractivity contribution is 5.36. The summed E-state index contributed by atoms with van der Waals surface area (Å²) in [5, 5.41) is 6.05. The summed E-state index contributed by atoms with van der Waals surface area (Å²) in [5.41, 5.74) is -0.755. The lowest BCUT2D eigenvalue weighted by Gasteiger charge is -2.25. The molecule has 0 radical (unpaired) electrons. The van der Waals surface area contributed by atoms with E-state index in [9.17, 15) is 13.2 Å². The quantitative estimate of drug-likeness (QED) is 0.773. The summed E-state index contributed by atoms with van der Waals surface area (Å²) in [4.78, 5) is 3.78. The van der Waals surface area contributed by atoms with E-state index >= 15 is 0 Å². The second-order valence-corrected chi connectivity index (χ2v) is 5.58. The molecule has 0 unspecified atom stereocenters. The first kappa shape index (κ1) is 18.7. The average Bonchev–Trinajstić information content (AvgIpc) is 2.44. The molecule has 0 aliphatic heterocycles. The normalized spacial score (nSPS) is 14.9. The van der Waals surface area contributed by atoms with Crippen molar-refractivity contribution in [3.8, 4) is 0 Å². The number of aromatic nitrogens is 1. The number of hydrogen-bond acceptors (Lipinski definition) is 4. The lowest BCUT2D eigenvalue weighted by Crippen LogP contribution is -2.36. The fourth-order valence-corrected chi connectivity index (χ4v) is 1.74. The van der Waals surface area contributed by atoms with Crippen LogP contribution in [0.2, 0.25) is 0 Å². The van der Waals surface area contributed by atoms with Gasteiger partial charge >= 0.3 is 6.18 Å². The Kier molecular flexibility index (Phi) is 7.09. The van der Waals surface area contributed by atoms with E-state index in [1.54, 1.807) is 0 Å². The molecular formula is C15H24F3N3O. The second kappa shape index (κ2) is 8.33. The smallest absolute Gasteiger partial charge is 0.372 e. The first-order valence-corrected chi connectivity index (χ1v) is 7.31. The molecule has 2 N–H and O–H groups in total. The summed E-state index contributed by atoms with van der Waals surface area (Å²) >= 11 is 0. The van der Waals surface area contributed by atoms with Crippen LogP contribution in [0.3, 0.4) is 0 Å². The van der Waals surface area contributed by atoms with Crippen LogP contribution in [-0.4, -0.2) is 37.3 Å². The van der Waals surface area contributed by atoms with Gasteiger partial charge in [0.2, 0.25) is 0 Å². The minimum atomic E-state index is -4.37. The predicted octanol–water partition coefficient (Wildman–Crippen LogP) is 3.16. The molecule has 0 aliphatic rings. The first-order valence-electron chi connectivity index (χ1n) is 7.31. The van der Waals surface area contributed by atoms with Crippen molar-refractivity contribution in [3.05, 3.63) is 23.9 Å². The first-order chi connectivity index (χ1) is 10.2. The Morgan fingerprint density at radius 1 is 1.18 bits per heavy atom. The standard InChI is InChI=1S/C15H24F3N3O/c1-10(2)11(3)22-13(8-19-4)9-21-14-6-5-12(7-20-14)15(16,17)18/h5-7,10-11,13,19H,8-9H2,1-4H3,(H,20,21)/t11-,13-/m0/s1. The third-order valence-corrected chi connectivity index (χ3v) is 3.38. The van der Waals surface area contributed by atoms with Crippen LogP contribution >= 0.6 is 0 Å². The van der Waals surface area contributed by atoms with E-state index in [2.05, 4.69) is 29.5 Å². The summed E-state index contributed by atoms with van der Waals surface area (Å²) in [6.07, 6.45) is -3.53. The van der Waals surface area contributed by atoms with Crippen LogP contribution in [0.5, 0.6) is 0 Å². The molecular weight excluding hydrogens is 295 g/mol. The number of nitrogens with zero attached hydrogens (tertiary/aromatic N) is 1. The minimum Gasteiger partial charge on any atom is -0.372 e. The molecule has 1 aromatic rings. The van der Waals surface area contributed by atoms with Gasteiger partial charge in [0, 0.05) is 19.3 Å². The number of rotatable bonds is 8. The summed E-state index contributed by atoms with van der Waals surface area (Å²) in [6, 6.07) is 2.34. The summed E-state index contributed by atoms with van der Waals surface area (Å²) in [6.45, 7) is 7.27. The van der Waals surface area contributed by atoms with Crippen LogP contribution in [-0.2, 0) is 10.9 Å². The fourth-order valence-electron chi connectivity index (χ4n) is 1.74. The molecule has 0 spiro atoms. The number of anilines is 1. The van der Waals surface area contributed by atoms with Crippen LogP contribution in [0.15, 0.2) is 18.3 Å². The van der Waals surface area contributed by atoms with Gasteiger partial charge in [0.25, 0.3) is 0 Å². The molecule has 0 bridgehead atoms. The SMILES string of the molecule is CNC[C@@H](CNc1ccc(C(F)(F)F)cn1)O[C@@H](C)C(C)C. The fraction of sp³-hybridized carbons (Fsp3) is 0.667. The van der Waals surface area contributed by atoms with Crippen molar-refractivity contribution >= 4 is 5.82 Å². The van der Waals surface area contributed by atoms with Crippen molar-refractivity contribution in [1.29, 1.82) is 0 Å². The number of hydrogen-bond donors (Lipinski definition) is 2. The molecule has 0 saturated heterocycles. The lowest BCUT2D eigenvalue weighted by molar-refractivity contribution is -0.137. The van der Waals surface area contributed by atoms with Gasteiger partial charge in [-0.15, -0.1) is 0 Å². The molecule has 0 saturated carbocycles. The molecule has 0 aromatic carbocycles. The van der Waals surface area contributed by atoms with Crippen LogP contribution in [0, 0.1) is 5.92 Å². The van der Waals surface area contributed by atoms with Crippen molar-refractivity contribution in [2.45, 2.75) is 39.2 Å². The van der Waals surface area contributed by atoms with E-state index in [1.807, 2.05) is 14.0 Å². The van der Waals surface area contributed by atoms with Gasteiger partial charge in [-0.2, -0.15) is 13.2 Å². The molecule has 7 heteroatoms. The molecule has 126 valence electrons. The van der Waals surface area contributed by atoms with E-state index in [1.165, 1.54) is 6.07 Å². The molecule has 0 aliphatic carbocycles. The molecule has 1 rings (SSSR count). The van der Waals surface area contributed by atoms with Crippen molar-refractivity contribution in [3.63, 3.8) is 0 Å². The Hall–Kier alpha value is -1.34.